The Kier molecular flexibility index (Phi) is 5.98. The largest absolute Gasteiger partial charge is 0.353 e. The lowest BCUT2D eigenvalue weighted by atomic mass is 10.0. The van der Waals surface area contributed by atoms with Crippen molar-refractivity contribution in [2.45, 2.75) is 32.0 Å². The van der Waals surface area contributed by atoms with Crippen molar-refractivity contribution in [1.82, 2.24) is 30.0 Å². The Morgan fingerprint density at radius 2 is 1.59 bits per heavy atom. The average Bonchev–Trinajstić information content (AvgIpc) is 3.26. The van der Waals surface area contributed by atoms with Gasteiger partial charge in [-0.25, -0.2) is 14.4 Å². The smallest absolute Gasteiger partial charge is 0.172 e. The molecule has 0 saturated carbocycles. The van der Waals surface area contributed by atoms with E-state index in [9.17, 15) is 4.39 Å². The molecular weight excluding hydrogens is 407 g/mol. The van der Waals surface area contributed by atoms with Gasteiger partial charge in [0.05, 0.1) is 17.9 Å². The minimum Gasteiger partial charge on any atom is -0.353 e. The van der Waals surface area contributed by atoms with Crippen LogP contribution in [0.25, 0.3) is 0 Å². The van der Waals surface area contributed by atoms with Gasteiger partial charge in [-0.15, -0.1) is 0 Å². The van der Waals surface area contributed by atoms with Crippen LogP contribution in [-0.2, 0) is 0 Å². The van der Waals surface area contributed by atoms with Gasteiger partial charge in [0, 0.05) is 69.1 Å². The molecule has 9 heteroatoms. The number of H-pyrrole nitrogens is 1. The van der Waals surface area contributed by atoms with Crippen LogP contribution in [-0.4, -0.2) is 75.5 Å². The number of rotatable bonds is 5. The molecule has 1 N–H and O–H groups in total. The number of piperazine rings is 1. The Bertz CT molecular complexity index is 1010. The van der Waals surface area contributed by atoms with E-state index >= 15 is 0 Å². The van der Waals surface area contributed by atoms with E-state index in [0.29, 0.717) is 25.9 Å². The number of pyridine rings is 1. The number of aromatic amines is 1. The maximum absolute atomic E-state index is 13.6. The van der Waals surface area contributed by atoms with Crippen LogP contribution in [0.4, 0.5) is 16.0 Å². The number of piperidine rings is 1. The second-order valence-electron chi connectivity index (χ2n) is 8.50. The van der Waals surface area contributed by atoms with Crippen LogP contribution in [0.2, 0.25) is 0 Å². The molecular formula is C23H29FN8. The van der Waals surface area contributed by atoms with Crippen LogP contribution in [0.5, 0.6) is 0 Å². The third kappa shape index (κ3) is 4.17. The first-order valence-electron chi connectivity index (χ1n) is 11.3. The minimum atomic E-state index is -0.704. The highest BCUT2D eigenvalue weighted by molar-refractivity contribution is 5.62. The Labute approximate surface area is 187 Å². The summed E-state index contributed by atoms with van der Waals surface area (Å²) in [7, 11) is 0. The molecule has 0 amide bonds. The first-order valence-corrected chi connectivity index (χ1v) is 11.3. The second-order valence-corrected chi connectivity index (χ2v) is 8.50. The Morgan fingerprint density at radius 1 is 0.906 bits per heavy atom. The van der Waals surface area contributed by atoms with Crippen molar-refractivity contribution in [1.29, 1.82) is 0 Å². The summed E-state index contributed by atoms with van der Waals surface area (Å²) in [6.45, 7) is 6.85. The summed E-state index contributed by atoms with van der Waals surface area (Å²) in [6.07, 6.45) is 7.65. The van der Waals surface area contributed by atoms with Crippen LogP contribution >= 0.6 is 0 Å². The number of aryl methyl sites for hydroxylation is 1. The summed E-state index contributed by atoms with van der Waals surface area (Å²) in [5.41, 5.74) is 3.25. The lowest BCUT2D eigenvalue weighted by Gasteiger charge is -2.40. The summed E-state index contributed by atoms with van der Waals surface area (Å²) in [4.78, 5) is 20.9. The van der Waals surface area contributed by atoms with Gasteiger partial charge in [0.2, 0.25) is 0 Å². The van der Waals surface area contributed by atoms with Gasteiger partial charge in [0.15, 0.2) is 11.6 Å². The summed E-state index contributed by atoms with van der Waals surface area (Å²) < 4.78 is 13.6. The first kappa shape index (κ1) is 20.8. The van der Waals surface area contributed by atoms with E-state index in [1.165, 1.54) is 0 Å². The highest BCUT2D eigenvalue weighted by Gasteiger charge is 2.31. The number of hydrogen-bond donors (Lipinski definition) is 1. The number of halogens is 1. The molecule has 0 radical (unpaired) electrons. The van der Waals surface area contributed by atoms with Crippen LogP contribution < -0.4 is 9.80 Å². The van der Waals surface area contributed by atoms with Crippen molar-refractivity contribution in [2.75, 3.05) is 49.1 Å². The molecule has 2 aliphatic rings. The SMILES string of the molecule is Cc1[nH]ncc1C(c1ccccn1)N1CCN(c2nccnc2N2CCC(F)CC2)CC1. The molecule has 0 spiro atoms. The lowest BCUT2D eigenvalue weighted by molar-refractivity contribution is 0.208. The number of alkyl halides is 1. The third-order valence-electron chi connectivity index (χ3n) is 6.49. The van der Waals surface area contributed by atoms with Crippen molar-refractivity contribution in [3.63, 3.8) is 0 Å². The van der Waals surface area contributed by atoms with Crippen molar-refractivity contribution in [3.8, 4) is 0 Å². The van der Waals surface area contributed by atoms with Crippen LogP contribution in [0.3, 0.4) is 0 Å². The zero-order chi connectivity index (χ0) is 21.9. The van der Waals surface area contributed by atoms with Gasteiger partial charge in [-0.05, 0) is 31.9 Å². The second kappa shape index (κ2) is 9.20. The molecule has 3 aromatic rings. The summed E-state index contributed by atoms with van der Waals surface area (Å²) in [5, 5.41) is 7.33. The van der Waals surface area contributed by atoms with Crippen molar-refractivity contribution in [3.05, 3.63) is 59.9 Å². The highest BCUT2D eigenvalue weighted by Crippen LogP contribution is 2.32. The van der Waals surface area contributed by atoms with E-state index < -0.39 is 6.17 Å². The monoisotopic (exact) mass is 436 g/mol. The standard InChI is InChI=1S/C23H29FN8/c1-17-19(16-28-29-17)21(20-4-2-3-7-25-20)30-12-14-32(15-13-30)23-22(26-8-9-27-23)31-10-5-18(24)6-11-31/h2-4,7-9,16,18,21H,5-6,10-15H2,1H3,(H,28,29). The molecule has 5 rings (SSSR count). The maximum atomic E-state index is 13.6. The summed E-state index contributed by atoms with van der Waals surface area (Å²) >= 11 is 0. The van der Waals surface area contributed by atoms with Gasteiger partial charge in [-0.1, -0.05) is 6.07 Å². The fourth-order valence-electron chi connectivity index (χ4n) is 4.74. The number of anilines is 2. The predicted octanol–water partition coefficient (Wildman–Crippen LogP) is 2.75. The first-order chi connectivity index (χ1) is 15.7. The van der Waals surface area contributed by atoms with Gasteiger partial charge in [-0.3, -0.25) is 15.0 Å². The zero-order valence-corrected chi connectivity index (χ0v) is 18.4. The number of aromatic nitrogens is 5. The van der Waals surface area contributed by atoms with Crippen LogP contribution in [0.15, 0.2) is 43.0 Å². The molecule has 168 valence electrons. The topological polar surface area (TPSA) is 77.1 Å². The average molecular weight is 437 g/mol. The van der Waals surface area contributed by atoms with E-state index in [2.05, 4.69) is 52.8 Å². The van der Waals surface area contributed by atoms with Gasteiger partial charge < -0.3 is 9.80 Å². The molecule has 5 heterocycles. The molecule has 0 aromatic carbocycles. The number of hydrogen-bond acceptors (Lipinski definition) is 7. The van der Waals surface area contributed by atoms with Crippen molar-refractivity contribution >= 4 is 11.6 Å². The van der Waals surface area contributed by atoms with E-state index in [-0.39, 0.29) is 6.04 Å². The molecule has 3 aromatic heterocycles. The van der Waals surface area contributed by atoms with Gasteiger partial charge in [-0.2, -0.15) is 5.10 Å². The molecule has 1 atom stereocenters. The van der Waals surface area contributed by atoms with Crippen molar-refractivity contribution in [2.24, 2.45) is 0 Å². The van der Waals surface area contributed by atoms with E-state index in [4.69, 9.17) is 0 Å². The number of nitrogens with zero attached hydrogens (tertiary/aromatic N) is 7. The van der Waals surface area contributed by atoms with E-state index in [1.807, 2.05) is 24.5 Å². The van der Waals surface area contributed by atoms with Crippen LogP contribution in [0.1, 0.15) is 35.8 Å². The lowest BCUT2D eigenvalue weighted by Crippen LogP contribution is -2.49. The van der Waals surface area contributed by atoms with E-state index in [1.54, 1.807) is 12.4 Å². The fraction of sp³-hybridized carbons (Fsp3) is 0.478. The van der Waals surface area contributed by atoms with Crippen molar-refractivity contribution < 1.29 is 4.39 Å². The third-order valence-corrected chi connectivity index (χ3v) is 6.49. The molecule has 8 nitrogen and oxygen atoms in total. The molecule has 0 aliphatic carbocycles. The maximum Gasteiger partial charge on any atom is 0.172 e. The Morgan fingerprint density at radius 3 is 2.19 bits per heavy atom. The summed E-state index contributed by atoms with van der Waals surface area (Å²) in [5.74, 6) is 1.78. The molecule has 2 fully saturated rings. The zero-order valence-electron chi connectivity index (χ0n) is 18.4. The summed E-state index contributed by atoms with van der Waals surface area (Å²) in [6, 6.07) is 6.12. The molecule has 32 heavy (non-hydrogen) atoms. The minimum absolute atomic E-state index is 0.0574. The van der Waals surface area contributed by atoms with Gasteiger partial charge in [0.25, 0.3) is 0 Å². The Balaban J connectivity index is 1.34. The van der Waals surface area contributed by atoms with Crippen LogP contribution in [0, 0.1) is 6.92 Å². The Hall–Kier alpha value is -3.07. The van der Waals surface area contributed by atoms with Gasteiger partial charge in [0.1, 0.15) is 6.17 Å². The molecule has 2 saturated heterocycles. The van der Waals surface area contributed by atoms with E-state index in [0.717, 1.165) is 54.8 Å². The predicted molar refractivity (Wildman–Crippen MR) is 122 cm³/mol. The normalized spacial score (nSPS) is 19.3. The molecule has 0 bridgehead atoms. The molecule has 2 aliphatic heterocycles. The highest BCUT2D eigenvalue weighted by atomic mass is 19.1. The quantitative estimate of drug-likeness (QED) is 0.659. The van der Waals surface area contributed by atoms with Gasteiger partial charge >= 0.3 is 0 Å². The molecule has 1 unspecified atom stereocenters. The fourth-order valence-corrected chi connectivity index (χ4v) is 4.74. The number of nitrogens with one attached hydrogen (secondary N) is 1.